The van der Waals surface area contributed by atoms with E-state index in [4.69, 9.17) is 10.00 Å². The van der Waals surface area contributed by atoms with E-state index in [-0.39, 0.29) is 12.3 Å². The lowest BCUT2D eigenvalue weighted by Crippen LogP contribution is -2.05. The second-order valence-corrected chi connectivity index (χ2v) is 2.40. The summed E-state index contributed by atoms with van der Waals surface area (Å²) in [5.74, 6) is -0.213. The van der Waals surface area contributed by atoms with Crippen molar-refractivity contribution in [3.63, 3.8) is 0 Å². The van der Waals surface area contributed by atoms with E-state index in [1.165, 1.54) is 13.1 Å². The number of hydrogen-bond acceptors (Lipinski definition) is 4. The van der Waals surface area contributed by atoms with Crippen LogP contribution in [0.3, 0.4) is 0 Å². The van der Waals surface area contributed by atoms with Gasteiger partial charge in [0.1, 0.15) is 0 Å². The van der Waals surface area contributed by atoms with Crippen LogP contribution in [0.5, 0.6) is 5.88 Å². The average molecular weight is 176 g/mol. The van der Waals surface area contributed by atoms with Gasteiger partial charge >= 0.3 is 5.97 Å². The quantitative estimate of drug-likeness (QED) is 0.632. The minimum atomic E-state index is -0.433. The van der Waals surface area contributed by atoms with Crippen molar-refractivity contribution in [2.75, 3.05) is 0 Å². The molecular weight excluding hydrogens is 168 g/mol. The molecule has 0 aliphatic heterocycles. The molecule has 0 N–H and O–H groups in total. The predicted molar refractivity (Wildman–Crippen MR) is 44.9 cm³/mol. The number of carbonyl (C=O) groups is 1. The highest BCUT2D eigenvalue weighted by Crippen LogP contribution is 2.14. The fourth-order valence-electron chi connectivity index (χ4n) is 0.872. The van der Waals surface area contributed by atoms with Crippen LogP contribution in [0.15, 0.2) is 18.3 Å². The molecule has 1 aromatic rings. The molecule has 0 bridgehead atoms. The molecule has 1 heterocycles. The summed E-state index contributed by atoms with van der Waals surface area (Å²) in [6.07, 6.45) is 1.70. The molecule has 0 saturated heterocycles. The number of pyridine rings is 1. The molecule has 0 atom stereocenters. The number of carbonyl (C=O) groups excluding carboxylic acids is 1. The van der Waals surface area contributed by atoms with Crippen molar-refractivity contribution in [3.8, 4) is 11.9 Å². The SMILES string of the molecule is CC(=O)Oc1ncccc1CC#N. The lowest BCUT2D eigenvalue weighted by atomic mass is 10.2. The van der Waals surface area contributed by atoms with Gasteiger partial charge in [-0.15, -0.1) is 0 Å². The molecule has 0 fully saturated rings. The number of ether oxygens (including phenoxy) is 1. The third kappa shape index (κ3) is 2.56. The van der Waals surface area contributed by atoms with Gasteiger partial charge in [-0.2, -0.15) is 5.26 Å². The summed E-state index contributed by atoms with van der Waals surface area (Å²) in [7, 11) is 0. The van der Waals surface area contributed by atoms with Gasteiger partial charge in [0.15, 0.2) is 0 Å². The molecule has 13 heavy (non-hydrogen) atoms. The van der Waals surface area contributed by atoms with Crippen molar-refractivity contribution in [1.82, 2.24) is 4.98 Å². The van der Waals surface area contributed by atoms with E-state index in [0.717, 1.165) is 0 Å². The largest absolute Gasteiger partial charge is 0.407 e. The lowest BCUT2D eigenvalue weighted by Gasteiger charge is -2.02. The molecule has 66 valence electrons. The highest BCUT2D eigenvalue weighted by atomic mass is 16.5. The van der Waals surface area contributed by atoms with Crippen LogP contribution < -0.4 is 4.74 Å². The monoisotopic (exact) mass is 176 g/mol. The van der Waals surface area contributed by atoms with E-state index >= 15 is 0 Å². The molecule has 1 rings (SSSR count). The van der Waals surface area contributed by atoms with Gasteiger partial charge in [-0.25, -0.2) is 4.98 Å². The topological polar surface area (TPSA) is 63.0 Å². The van der Waals surface area contributed by atoms with Crippen molar-refractivity contribution in [3.05, 3.63) is 23.9 Å². The van der Waals surface area contributed by atoms with E-state index in [0.29, 0.717) is 5.56 Å². The van der Waals surface area contributed by atoms with Crippen LogP contribution in [0.25, 0.3) is 0 Å². The average Bonchev–Trinajstić information content (AvgIpc) is 2.08. The van der Waals surface area contributed by atoms with Crippen LogP contribution >= 0.6 is 0 Å². The first-order chi connectivity index (χ1) is 6.24. The number of nitriles is 1. The summed E-state index contributed by atoms with van der Waals surface area (Å²) < 4.78 is 4.80. The van der Waals surface area contributed by atoms with Gasteiger partial charge in [0.2, 0.25) is 5.88 Å². The van der Waals surface area contributed by atoms with Crippen LogP contribution in [0.2, 0.25) is 0 Å². The molecule has 0 radical (unpaired) electrons. The number of esters is 1. The molecule has 0 unspecified atom stereocenters. The first-order valence-electron chi connectivity index (χ1n) is 3.73. The summed E-state index contributed by atoms with van der Waals surface area (Å²) in [6, 6.07) is 5.36. The fourth-order valence-corrected chi connectivity index (χ4v) is 0.872. The normalized spacial score (nSPS) is 8.92. The first kappa shape index (κ1) is 9.20. The molecule has 0 saturated carbocycles. The van der Waals surface area contributed by atoms with Crippen molar-refractivity contribution in [1.29, 1.82) is 5.26 Å². The second kappa shape index (κ2) is 4.21. The van der Waals surface area contributed by atoms with Crippen molar-refractivity contribution in [2.24, 2.45) is 0 Å². The lowest BCUT2D eigenvalue weighted by molar-refractivity contribution is -0.132. The van der Waals surface area contributed by atoms with E-state index in [2.05, 4.69) is 4.98 Å². The Morgan fingerprint density at radius 1 is 1.77 bits per heavy atom. The molecule has 0 spiro atoms. The number of hydrogen-bond donors (Lipinski definition) is 0. The van der Waals surface area contributed by atoms with E-state index in [9.17, 15) is 4.79 Å². The number of rotatable bonds is 2. The zero-order chi connectivity index (χ0) is 9.68. The maximum Gasteiger partial charge on any atom is 0.309 e. The maximum absolute atomic E-state index is 10.6. The maximum atomic E-state index is 10.6. The third-order valence-electron chi connectivity index (χ3n) is 1.36. The van der Waals surface area contributed by atoms with Gasteiger partial charge in [-0.05, 0) is 6.07 Å². The van der Waals surface area contributed by atoms with Crippen LogP contribution in [0, 0.1) is 11.3 Å². The summed E-state index contributed by atoms with van der Waals surface area (Å²) in [5.41, 5.74) is 0.625. The Hall–Kier alpha value is -1.89. The highest BCUT2D eigenvalue weighted by Gasteiger charge is 2.05. The molecule has 0 aliphatic carbocycles. The van der Waals surface area contributed by atoms with E-state index in [1.807, 2.05) is 6.07 Å². The molecule has 4 heteroatoms. The van der Waals surface area contributed by atoms with Crippen molar-refractivity contribution >= 4 is 5.97 Å². The molecule has 1 aromatic heterocycles. The molecule has 0 amide bonds. The Kier molecular flexibility index (Phi) is 2.98. The van der Waals surface area contributed by atoms with Gasteiger partial charge in [-0.1, -0.05) is 6.07 Å². The summed E-state index contributed by atoms with van der Waals surface area (Å²) >= 11 is 0. The van der Waals surface area contributed by atoms with E-state index < -0.39 is 5.97 Å². The number of nitrogens with zero attached hydrogens (tertiary/aromatic N) is 2. The van der Waals surface area contributed by atoms with Gasteiger partial charge in [0.25, 0.3) is 0 Å². The minimum Gasteiger partial charge on any atom is -0.407 e. The summed E-state index contributed by atoms with van der Waals surface area (Å²) in [5, 5.41) is 8.46. The molecule has 0 aromatic carbocycles. The molecule has 4 nitrogen and oxygen atoms in total. The smallest absolute Gasteiger partial charge is 0.309 e. The molecule has 0 aliphatic rings. The fraction of sp³-hybridized carbons (Fsp3) is 0.222. The van der Waals surface area contributed by atoms with Crippen molar-refractivity contribution < 1.29 is 9.53 Å². The predicted octanol–water partition coefficient (Wildman–Crippen LogP) is 1.07. The molecular formula is C9H8N2O2. The second-order valence-electron chi connectivity index (χ2n) is 2.40. The Balaban J connectivity index is 2.92. The Morgan fingerprint density at radius 3 is 3.15 bits per heavy atom. The summed E-state index contributed by atoms with van der Waals surface area (Å²) in [6.45, 7) is 1.30. The Labute approximate surface area is 75.8 Å². The van der Waals surface area contributed by atoms with Crippen LogP contribution in [-0.4, -0.2) is 11.0 Å². The first-order valence-corrected chi connectivity index (χ1v) is 3.73. The number of aromatic nitrogens is 1. The standard InChI is InChI=1S/C9H8N2O2/c1-7(12)13-9-8(4-5-10)3-2-6-11-9/h2-3,6H,4H2,1H3. The Bertz CT molecular complexity index is 355. The van der Waals surface area contributed by atoms with Crippen LogP contribution in [0.4, 0.5) is 0 Å². The zero-order valence-corrected chi connectivity index (χ0v) is 7.15. The minimum absolute atomic E-state index is 0.191. The van der Waals surface area contributed by atoms with Crippen LogP contribution in [0.1, 0.15) is 12.5 Å². The zero-order valence-electron chi connectivity index (χ0n) is 7.15. The van der Waals surface area contributed by atoms with Crippen molar-refractivity contribution in [2.45, 2.75) is 13.3 Å². The van der Waals surface area contributed by atoms with Gasteiger partial charge in [0.05, 0.1) is 12.5 Å². The van der Waals surface area contributed by atoms with Gasteiger partial charge in [-0.3, -0.25) is 4.79 Å². The van der Waals surface area contributed by atoms with E-state index in [1.54, 1.807) is 12.1 Å². The van der Waals surface area contributed by atoms with Gasteiger partial charge < -0.3 is 4.74 Å². The van der Waals surface area contributed by atoms with Crippen LogP contribution in [-0.2, 0) is 11.2 Å². The Morgan fingerprint density at radius 2 is 2.54 bits per heavy atom. The third-order valence-corrected chi connectivity index (χ3v) is 1.36. The summed E-state index contributed by atoms with van der Waals surface area (Å²) in [4.78, 5) is 14.5. The highest BCUT2D eigenvalue weighted by molar-refractivity contribution is 5.69. The van der Waals surface area contributed by atoms with Gasteiger partial charge in [0, 0.05) is 18.7 Å².